The Balaban J connectivity index is 2.12. The zero-order chi connectivity index (χ0) is 13.3. The maximum atomic E-state index is 11.9. The molecule has 4 nitrogen and oxygen atoms in total. The van der Waals surface area contributed by atoms with Gasteiger partial charge in [0.2, 0.25) is 5.91 Å². The van der Waals surface area contributed by atoms with Gasteiger partial charge in [0.15, 0.2) is 0 Å². The first-order valence-corrected chi connectivity index (χ1v) is 6.61. The largest absolute Gasteiger partial charge is 0.478 e. The first-order valence-electron chi connectivity index (χ1n) is 5.82. The minimum Gasteiger partial charge on any atom is -0.478 e. The predicted molar refractivity (Wildman–Crippen MR) is 71.6 cm³/mol. The molecule has 1 saturated carbocycles. The Hall–Kier alpha value is -1.36. The number of nitrogens with one attached hydrogen (secondary N) is 1. The highest BCUT2D eigenvalue weighted by Crippen LogP contribution is 2.37. The van der Waals surface area contributed by atoms with Gasteiger partial charge in [-0.2, -0.15) is 0 Å². The molecule has 1 aliphatic carbocycles. The fourth-order valence-electron chi connectivity index (χ4n) is 1.85. The Morgan fingerprint density at radius 1 is 1.39 bits per heavy atom. The quantitative estimate of drug-likeness (QED) is 0.897. The number of carboxylic acids is 1. The number of rotatable bonds is 4. The van der Waals surface area contributed by atoms with Gasteiger partial charge in [0, 0.05) is 16.1 Å². The van der Waals surface area contributed by atoms with Gasteiger partial charge in [-0.15, -0.1) is 0 Å². The number of carboxylic acid groups (broad SMARTS) is 1. The van der Waals surface area contributed by atoms with Crippen LogP contribution in [0.2, 0.25) is 0 Å². The van der Waals surface area contributed by atoms with Gasteiger partial charge in [-0.05, 0) is 37.0 Å². The van der Waals surface area contributed by atoms with Crippen LogP contribution in [-0.2, 0) is 4.79 Å². The molecular formula is C13H14BrNO3. The van der Waals surface area contributed by atoms with Crippen LogP contribution in [0.4, 0.5) is 5.69 Å². The van der Waals surface area contributed by atoms with Crippen molar-refractivity contribution in [2.75, 3.05) is 5.32 Å². The molecule has 0 saturated heterocycles. The number of carbonyl (C=O) groups excluding carboxylic acids is 1. The summed E-state index contributed by atoms with van der Waals surface area (Å²) in [5.41, 5.74) is 0.665. The third kappa shape index (κ3) is 3.10. The van der Waals surface area contributed by atoms with E-state index >= 15 is 0 Å². The Kier molecular flexibility index (Phi) is 3.71. The van der Waals surface area contributed by atoms with Gasteiger partial charge in [0.25, 0.3) is 0 Å². The van der Waals surface area contributed by atoms with Crippen LogP contribution < -0.4 is 5.32 Å². The Morgan fingerprint density at radius 3 is 2.61 bits per heavy atom. The van der Waals surface area contributed by atoms with Crippen LogP contribution in [0.25, 0.3) is 0 Å². The lowest BCUT2D eigenvalue weighted by Gasteiger charge is -2.11. The first-order chi connectivity index (χ1) is 8.47. The standard InChI is InChI=1S/C13H14BrNO3/c1-7(8-2-3-8)12(16)15-11-5-9(13(17)18)4-10(14)6-11/h4-8H,2-3H2,1H3,(H,15,16)(H,17,18). The number of anilines is 1. The van der Waals surface area contributed by atoms with Crippen molar-refractivity contribution < 1.29 is 14.7 Å². The van der Waals surface area contributed by atoms with E-state index in [9.17, 15) is 9.59 Å². The molecule has 2 rings (SSSR count). The van der Waals surface area contributed by atoms with E-state index in [1.54, 1.807) is 6.07 Å². The summed E-state index contributed by atoms with van der Waals surface area (Å²) in [6.07, 6.45) is 2.21. The average Bonchev–Trinajstić information content (AvgIpc) is 3.10. The van der Waals surface area contributed by atoms with Gasteiger partial charge in [-0.1, -0.05) is 22.9 Å². The molecule has 0 heterocycles. The topological polar surface area (TPSA) is 66.4 Å². The molecule has 0 spiro atoms. The lowest BCUT2D eigenvalue weighted by Crippen LogP contribution is -2.22. The van der Waals surface area contributed by atoms with Gasteiger partial charge in [-0.25, -0.2) is 4.79 Å². The van der Waals surface area contributed by atoms with E-state index < -0.39 is 5.97 Å². The SMILES string of the molecule is CC(C(=O)Nc1cc(Br)cc(C(=O)O)c1)C1CC1. The molecule has 96 valence electrons. The maximum absolute atomic E-state index is 11.9. The van der Waals surface area contributed by atoms with Crippen molar-refractivity contribution in [3.05, 3.63) is 28.2 Å². The van der Waals surface area contributed by atoms with Crippen LogP contribution in [0.3, 0.4) is 0 Å². The number of hydrogen-bond donors (Lipinski definition) is 2. The molecular weight excluding hydrogens is 298 g/mol. The second-order valence-corrected chi connectivity index (χ2v) is 5.56. The highest BCUT2D eigenvalue weighted by Gasteiger charge is 2.32. The van der Waals surface area contributed by atoms with Crippen LogP contribution in [0.5, 0.6) is 0 Å². The number of benzene rings is 1. The summed E-state index contributed by atoms with van der Waals surface area (Å²) in [4.78, 5) is 22.8. The number of aromatic carboxylic acids is 1. The molecule has 1 amide bonds. The molecule has 1 aromatic carbocycles. The van der Waals surface area contributed by atoms with E-state index in [-0.39, 0.29) is 17.4 Å². The summed E-state index contributed by atoms with van der Waals surface area (Å²) in [5, 5.41) is 11.7. The zero-order valence-corrected chi connectivity index (χ0v) is 11.5. The summed E-state index contributed by atoms with van der Waals surface area (Å²) in [6, 6.07) is 4.66. The molecule has 1 aliphatic rings. The van der Waals surface area contributed by atoms with Gasteiger partial charge in [0.05, 0.1) is 5.56 Å². The molecule has 1 aromatic rings. The molecule has 5 heteroatoms. The second-order valence-electron chi connectivity index (χ2n) is 4.65. The average molecular weight is 312 g/mol. The molecule has 18 heavy (non-hydrogen) atoms. The summed E-state index contributed by atoms with van der Waals surface area (Å²) >= 11 is 3.23. The minimum absolute atomic E-state index is 0.0164. The number of hydrogen-bond acceptors (Lipinski definition) is 2. The fourth-order valence-corrected chi connectivity index (χ4v) is 2.34. The van der Waals surface area contributed by atoms with Crippen molar-refractivity contribution in [2.45, 2.75) is 19.8 Å². The molecule has 0 aliphatic heterocycles. The highest BCUT2D eigenvalue weighted by molar-refractivity contribution is 9.10. The third-order valence-corrected chi connectivity index (χ3v) is 3.61. The molecule has 2 N–H and O–H groups in total. The van der Waals surface area contributed by atoms with Crippen LogP contribution >= 0.6 is 15.9 Å². The molecule has 1 fully saturated rings. The van der Waals surface area contributed by atoms with E-state index in [0.29, 0.717) is 16.1 Å². The Labute approximate surface area is 114 Å². The lowest BCUT2D eigenvalue weighted by atomic mass is 10.1. The smallest absolute Gasteiger partial charge is 0.335 e. The maximum Gasteiger partial charge on any atom is 0.335 e. The molecule has 1 unspecified atom stereocenters. The van der Waals surface area contributed by atoms with E-state index in [4.69, 9.17) is 5.11 Å². The van der Waals surface area contributed by atoms with E-state index in [1.807, 2.05) is 6.92 Å². The summed E-state index contributed by atoms with van der Waals surface area (Å²) < 4.78 is 0.636. The van der Waals surface area contributed by atoms with Crippen molar-refractivity contribution in [3.63, 3.8) is 0 Å². The van der Waals surface area contributed by atoms with Gasteiger partial charge in [-0.3, -0.25) is 4.79 Å². The van der Waals surface area contributed by atoms with Crippen molar-refractivity contribution in [2.24, 2.45) is 11.8 Å². The summed E-state index contributed by atoms with van der Waals surface area (Å²) in [6.45, 7) is 1.91. The van der Waals surface area contributed by atoms with Crippen molar-refractivity contribution in [3.8, 4) is 0 Å². The predicted octanol–water partition coefficient (Wildman–Crippen LogP) is 3.13. The van der Waals surface area contributed by atoms with E-state index in [1.165, 1.54) is 12.1 Å². The molecule has 0 bridgehead atoms. The number of carbonyl (C=O) groups is 2. The van der Waals surface area contributed by atoms with Gasteiger partial charge >= 0.3 is 5.97 Å². The molecule has 0 radical (unpaired) electrons. The van der Waals surface area contributed by atoms with E-state index in [2.05, 4.69) is 21.2 Å². The lowest BCUT2D eigenvalue weighted by molar-refractivity contribution is -0.119. The van der Waals surface area contributed by atoms with Gasteiger partial charge < -0.3 is 10.4 Å². The fraction of sp³-hybridized carbons (Fsp3) is 0.385. The normalized spacial score (nSPS) is 16.1. The minimum atomic E-state index is -1.01. The van der Waals surface area contributed by atoms with Crippen LogP contribution in [-0.4, -0.2) is 17.0 Å². The monoisotopic (exact) mass is 311 g/mol. The molecule has 1 atom stereocenters. The van der Waals surface area contributed by atoms with Gasteiger partial charge in [0.1, 0.15) is 0 Å². The van der Waals surface area contributed by atoms with Crippen LogP contribution in [0.1, 0.15) is 30.1 Å². The van der Waals surface area contributed by atoms with Crippen LogP contribution in [0, 0.1) is 11.8 Å². The highest BCUT2D eigenvalue weighted by atomic mass is 79.9. The number of amides is 1. The number of halogens is 1. The molecule has 0 aromatic heterocycles. The zero-order valence-electron chi connectivity index (χ0n) is 9.94. The van der Waals surface area contributed by atoms with Crippen molar-refractivity contribution >= 4 is 33.5 Å². The third-order valence-electron chi connectivity index (χ3n) is 3.15. The Morgan fingerprint density at radius 2 is 2.06 bits per heavy atom. The first kappa shape index (κ1) is 13.1. The Bertz CT molecular complexity index is 497. The van der Waals surface area contributed by atoms with Crippen LogP contribution in [0.15, 0.2) is 22.7 Å². The van der Waals surface area contributed by atoms with Crippen molar-refractivity contribution in [1.29, 1.82) is 0 Å². The second kappa shape index (κ2) is 5.10. The summed E-state index contributed by atoms with van der Waals surface area (Å²) in [7, 11) is 0. The summed E-state index contributed by atoms with van der Waals surface area (Å²) in [5.74, 6) is -0.595. The van der Waals surface area contributed by atoms with Crippen molar-refractivity contribution in [1.82, 2.24) is 0 Å². The van der Waals surface area contributed by atoms with E-state index in [0.717, 1.165) is 12.8 Å².